The highest BCUT2D eigenvalue weighted by Crippen LogP contribution is 2.37. The van der Waals surface area contributed by atoms with Gasteiger partial charge in [0.05, 0.1) is 0 Å². The van der Waals surface area contributed by atoms with E-state index in [1.54, 1.807) is 30.3 Å². The Bertz CT molecular complexity index is 1120. The number of rotatable bonds is 4. The zero-order valence-corrected chi connectivity index (χ0v) is 13.8. The molecule has 0 bridgehead atoms. The number of nitrogens with two attached hydrogens (primary N) is 1. The number of phenolic OH excluding ortho intramolecular Hbond substituents is 1. The molecule has 1 heterocycles. The van der Waals surface area contributed by atoms with Gasteiger partial charge in [-0.2, -0.15) is 0 Å². The number of nitrogens with one attached hydrogen (secondary N) is 1. The molecule has 2 aromatic carbocycles. The van der Waals surface area contributed by atoms with Crippen molar-refractivity contribution in [1.29, 1.82) is 0 Å². The number of nitrogen functional groups attached to an aromatic ring is 1. The lowest BCUT2D eigenvalue weighted by Crippen LogP contribution is -2.24. The fourth-order valence-electron chi connectivity index (χ4n) is 2.91. The highest BCUT2D eigenvalue weighted by molar-refractivity contribution is 6.09. The quantitative estimate of drug-likeness (QED) is 0.475. The Labute approximate surface area is 152 Å². The number of benzene rings is 2. The fraction of sp³-hybridized carbons (Fsp3) is 0. The van der Waals surface area contributed by atoms with Crippen molar-refractivity contribution in [3.8, 4) is 28.0 Å². The van der Waals surface area contributed by atoms with E-state index in [1.165, 1.54) is 18.2 Å². The third kappa shape index (κ3) is 3.11. The van der Waals surface area contributed by atoms with E-state index < -0.39 is 34.4 Å². The first-order valence-corrected chi connectivity index (χ1v) is 7.72. The molecule has 0 fully saturated rings. The van der Waals surface area contributed by atoms with Crippen LogP contribution in [-0.4, -0.2) is 32.2 Å². The first-order chi connectivity index (χ1) is 12.8. The Morgan fingerprint density at radius 2 is 1.41 bits per heavy atom. The lowest BCUT2D eigenvalue weighted by Gasteiger charge is -2.16. The summed E-state index contributed by atoms with van der Waals surface area (Å²) in [4.78, 5) is 37.7. The molecule has 8 heteroatoms. The van der Waals surface area contributed by atoms with Crippen molar-refractivity contribution in [3.63, 3.8) is 0 Å². The van der Waals surface area contributed by atoms with E-state index in [0.29, 0.717) is 11.1 Å². The Hall–Kier alpha value is -4.07. The Balaban J connectivity index is 2.45. The van der Waals surface area contributed by atoms with Gasteiger partial charge in [0.15, 0.2) is 0 Å². The minimum atomic E-state index is -1.57. The standard InChI is InChI=1S/C19H14N2O6/c20-16-14(18(24)25)13(15(19(26)27)17(23)21-16)12-4-2-1-3-11(12)9-5-7-10(22)8-6-9/h1-8,22H,(H,24,25)(H,26,27)(H3,20,21,23). The number of H-pyrrole nitrogens is 1. The van der Waals surface area contributed by atoms with Crippen molar-refractivity contribution in [3.05, 3.63) is 70.0 Å². The van der Waals surface area contributed by atoms with Crippen molar-refractivity contribution in [2.45, 2.75) is 0 Å². The minimum absolute atomic E-state index is 0.0362. The molecule has 136 valence electrons. The molecule has 3 rings (SSSR count). The Morgan fingerprint density at radius 3 is 1.96 bits per heavy atom. The number of carbonyl (C=O) groups is 2. The van der Waals surface area contributed by atoms with Crippen molar-refractivity contribution in [2.75, 3.05) is 5.73 Å². The molecule has 0 amide bonds. The summed E-state index contributed by atoms with van der Waals surface area (Å²) in [5.41, 5.74) is 4.47. The largest absolute Gasteiger partial charge is 0.508 e. The Morgan fingerprint density at radius 1 is 0.852 bits per heavy atom. The number of carboxylic acids is 2. The van der Waals surface area contributed by atoms with Gasteiger partial charge in [-0.3, -0.25) is 4.79 Å². The number of anilines is 1. The summed E-state index contributed by atoms with van der Waals surface area (Å²) in [6.45, 7) is 0. The van der Waals surface area contributed by atoms with Crippen LogP contribution < -0.4 is 11.3 Å². The van der Waals surface area contributed by atoms with E-state index in [9.17, 15) is 29.7 Å². The molecule has 0 aliphatic rings. The second-order valence-electron chi connectivity index (χ2n) is 5.70. The number of aromatic amines is 1. The van der Waals surface area contributed by atoms with E-state index in [1.807, 2.05) is 0 Å². The van der Waals surface area contributed by atoms with Gasteiger partial charge in [-0.05, 0) is 28.8 Å². The first-order valence-electron chi connectivity index (χ1n) is 7.72. The average Bonchev–Trinajstić information content (AvgIpc) is 2.61. The van der Waals surface area contributed by atoms with Crippen molar-refractivity contribution in [2.24, 2.45) is 0 Å². The third-order valence-electron chi connectivity index (χ3n) is 4.05. The molecule has 27 heavy (non-hydrogen) atoms. The molecule has 0 saturated carbocycles. The molecule has 0 unspecified atom stereocenters. The maximum Gasteiger partial charge on any atom is 0.342 e. The minimum Gasteiger partial charge on any atom is -0.508 e. The molecule has 0 radical (unpaired) electrons. The zero-order chi connectivity index (χ0) is 19.7. The number of aromatic hydroxyl groups is 1. The van der Waals surface area contributed by atoms with Crippen LogP contribution in [0.15, 0.2) is 53.3 Å². The van der Waals surface area contributed by atoms with Crippen LogP contribution in [0, 0.1) is 0 Å². The molecular weight excluding hydrogens is 352 g/mol. The predicted molar refractivity (Wildman–Crippen MR) is 97.9 cm³/mol. The average molecular weight is 366 g/mol. The van der Waals surface area contributed by atoms with Gasteiger partial charge in [-0.25, -0.2) is 9.59 Å². The number of phenols is 1. The number of hydrogen-bond acceptors (Lipinski definition) is 5. The second kappa shape index (κ2) is 6.68. The molecule has 0 saturated heterocycles. The molecule has 3 aromatic rings. The highest BCUT2D eigenvalue weighted by atomic mass is 16.4. The van der Waals surface area contributed by atoms with Gasteiger partial charge in [0.1, 0.15) is 22.7 Å². The van der Waals surface area contributed by atoms with E-state index in [-0.39, 0.29) is 16.9 Å². The van der Waals surface area contributed by atoms with Crippen LogP contribution in [0.5, 0.6) is 5.75 Å². The molecule has 0 aliphatic carbocycles. The topological polar surface area (TPSA) is 154 Å². The van der Waals surface area contributed by atoms with Gasteiger partial charge in [-0.15, -0.1) is 0 Å². The van der Waals surface area contributed by atoms with E-state index in [2.05, 4.69) is 4.98 Å². The van der Waals surface area contributed by atoms with Crippen LogP contribution in [0.3, 0.4) is 0 Å². The molecule has 8 nitrogen and oxygen atoms in total. The van der Waals surface area contributed by atoms with Gasteiger partial charge in [0.2, 0.25) is 0 Å². The Kier molecular flexibility index (Phi) is 4.39. The molecule has 1 aromatic heterocycles. The van der Waals surface area contributed by atoms with Crippen molar-refractivity contribution >= 4 is 17.8 Å². The normalized spacial score (nSPS) is 10.5. The lowest BCUT2D eigenvalue weighted by atomic mass is 9.89. The molecule has 0 aliphatic heterocycles. The van der Waals surface area contributed by atoms with E-state index in [4.69, 9.17) is 5.73 Å². The van der Waals surface area contributed by atoms with Gasteiger partial charge in [-0.1, -0.05) is 36.4 Å². The van der Waals surface area contributed by atoms with Crippen LogP contribution in [0.1, 0.15) is 20.7 Å². The van der Waals surface area contributed by atoms with Crippen LogP contribution in [0.4, 0.5) is 5.82 Å². The van der Waals surface area contributed by atoms with Crippen molar-refractivity contribution < 1.29 is 24.9 Å². The molecule has 0 atom stereocenters. The highest BCUT2D eigenvalue weighted by Gasteiger charge is 2.27. The van der Waals surface area contributed by atoms with Gasteiger partial charge in [0.25, 0.3) is 5.56 Å². The monoisotopic (exact) mass is 366 g/mol. The number of aromatic nitrogens is 1. The molecule has 0 spiro atoms. The van der Waals surface area contributed by atoms with Crippen LogP contribution in [0.25, 0.3) is 22.3 Å². The van der Waals surface area contributed by atoms with Gasteiger partial charge in [0, 0.05) is 5.56 Å². The van der Waals surface area contributed by atoms with E-state index >= 15 is 0 Å². The van der Waals surface area contributed by atoms with Crippen LogP contribution in [0.2, 0.25) is 0 Å². The predicted octanol–water partition coefficient (Wildman–Crippen LogP) is 2.39. The van der Waals surface area contributed by atoms with Crippen LogP contribution >= 0.6 is 0 Å². The van der Waals surface area contributed by atoms with Gasteiger partial charge < -0.3 is 26.0 Å². The van der Waals surface area contributed by atoms with Gasteiger partial charge >= 0.3 is 11.9 Å². The maximum atomic E-state index is 12.2. The molecular formula is C19H14N2O6. The number of pyridine rings is 1. The molecule has 6 N–H and O–H groups in total. The number of hydrogen-bond donors (Lipinski definition) is 5. The smallest absolute Gasteiger partial charge is 0.342 e. The fourth-order valence-corrected chi connectivity index (χ4v) is 2.91. The summed E-state index contributed by atoms with van der Waals surface area (Å²) < 4.78 is 0. The second-order valence-corrected chi connectivity index (χ2v) is 5.70. The number of aromatic carboxylic acids is 2. The first kappa shape index (κ1) is 17.7. The summed E-state index contributed by atoms with van der Waals surface area (Å²) in [5, 5.41) is 28.6. The summed E-state index contributed by atoms with van der Waals surface area (Å²) in [6.07, 6.45) is 0. The summed E-state index contributed by atoms with van der Waals surface area (Å²) in [6, 6.07) is 12.5. The third-order valence-corrected chi connectivity index (χ3v) is 4.05. The maximum absolute atomic E-state index is 12.2. The number of carboxylic acid groups (broad SMARTS) is 2. The van der Waals surface area contributed by atoms with Crippen molar-refractivity contribution in [1.82, 2.24) is 4.98 Å². The van der Waals surface area contributed by atoms with E-state index in [0.717, 1.165) is 0 Å². The SMILES string of the molecule is Nc1[nH]c(=O)c(C(=O)O)c(-c2ccccc2-c2ccc(O)cc2)c1C(=O)O. The van der Waals surface area contributed by atoms with Crippen LogP contribution in [-0.2, 0) is 0 Å². The summed E-state index contributed by atoms with van der Waals surface area (Å²) in [7, 11) is 0. The lowest BCUT2D eigenvalue weighted by molar-refractivity contribution is 0.0695. The zero-order valence-electron chi connectivity index (χ0n) is 13.8. The summed E-state index contributed by atoms with van der Waals surface area (Å²) in [5.74, 6) is -3.45. The summed E-state index contributed by atoms with van der Waals surface area (Å²) >= 11 is 0.